The minimum Gasteiger partial charge on any atom is -0.391 e. The SMILES string of the molecule is CCn1cnnc1[C@@H]1CN(C[C@@H](O)Cc2ccccc2)CCO1. The van der Waals surface area contributed by atoms with Crippen LogP contribution in [0.25, 0.3) is 0 Å². The fourth-order valence-corrected chi connectivity index (χ4v) is 3.03. The molecule has 1 aromatic carbocycles. The van der Waals surface area contributed by atoms with Crippen LogP contribution in [0.1, 0.15) is 24.4 Å². The first kappa shape index (κ1) is 16.1. The van der Waals surface area contributed by atoms with Crippen LogP contribution in [0.5, 0.6) is 0 Å². The molecule has 1 N–H and O–H groups in total. The molecule has 1 aliphatic heterocycles. The van der Waals surface area contributed by atoms with Gasteiger partial charge in [0.1, 0.15) is 12.4 Å². The maximum atomic E-state index is 10.4. The number of nitrogens with zero attached hydrogens (tertiary/aromatic N) is 4. The maximum absolute atomic E-state index is 10.4. The molecule has 124 valence electrons. The third-order valence-corrected chi connectivity index (χ3v) is 4.21. The number of hydrogen-bond acceptors (Lipinski definition) is 5. The van der Waals surface area contributed by atoms with Crippen molar-refractivity contribution >= 4 is 0 Å². The summed E-state index contributed by atoms with van der Waals surface area (Å²) in [5, 5.41) is 18.5. The van der Waals surface area contributed by atoms with Gasteiger partial charge in [0, 0.05) is 26.2 Å². The number of benzene rings is 1. The number of aryl methyl sites for hydroxylation is 1. The van der Waals surface area contributed by atoms with E-state index in [1.807, 2.05) is 22.8 Å². The second kappa shape index (κ2) is 7.68. The molecule has 0 amide bonds. The summed E-state index contributed by atoms with van der Waals surface area (Å²) in [6, 6.07) is 10.1. The lowest BCUT2D eigenvalue weighted by molar-refractivity contribution is -0.0472. The third kappa shape index (κ3) is 4.16. The van der Waals surface area contributed by atoms with Crippen LogP contribution in [0.2, 0.25) is 0 Å². The molecule has 1 aromatic heterocycles. The van der Waals surface area contributed by atoms with Gasteiger partial charge in [-0.2, -0.15) is 0 Å². The third-order valence-electron chi connectivity index (χ3n) is 4.21. The number of aromatic nitrogens is 3. The highest BCUT2D eigenvalue weighted by molar-refractivity contribution is 5.15. The van der Waals surface area contributed by atoms with Gasteiger partial charge in [0.05, 0.1) is 12.7 Å². The molecule has 1 fully saturated rings. The van der Waals surface area contributed by atoms with Gasteiger partial charge in [-0.1, -0.05) is 30.3 Å². The van der Waals surface area contributed by atoms with Crippen molar-refractivity contribution in [1.29, 1.82) is 0 Å². The molecule has 6 heteroatoms. The molecular weight excluding hydrogens is 292 g/mol. The molecule has 0 bridgehead atoms. The van der Waals surface area contributed by atoms with E-state index in [9.17, 15) is 5.11 Å². The normalized spacial score (nSPS) is 20.5. The zero-order valence-corrected chi connectivity index (χ0v) is 13.5. The Balaban J connectivity index is 1.56. The highest BCUT2D eigenvalue weighted by Gasteiger charge is 2.26. The lowest BCUT2D eigenvalue weighted by Crippen LogP contribution is -2.43. The van der Waals surface area contributed by atoms with Gasteiger partial charge in [-0.3, -0.25) is 4.90 Å². The average Bonchev–Trinajstić information content (AvgIpc) is 3.04. The van der Waals surface area contributed by atoms with Crippen LogP contribution in [0, 0.1) is 0 Å². The topological polar surface area (TPSA) is 63.4 Å². The number of β-amino-alcohol motifs (C(OH)–C–C–N with tert-alkyl or cyclic N) is 1. The van der Waals surface area contributed by atoms with Crippen molar-refractivity contribution in [3.63, 3.8) is 0 Å². The fraction of sp³-hybridized carbons (Fsp3) is 0.529. The summed E-state index contributed by atoms with van der Waals surface area (Å²) in [5.74, 6) is 0.870. The van der Waals surface area contributed by atoms with Gasteiger partial charge in [-0.15, -0.1) is 10.2 Å². The Kier molecular flexibility index (Phi) is 5.38. The summed E-state index contributed by atoms with van der Waals surface area (Å²) in [7, 11) is 0. The second-order valence-corrected chi connectivity index (χ2v) is 5.94. The smallest absolute Gasteiger partial charge is 0.163 e. The van der Waals surface area contributed by atoms with Gasteiger partial charge < -0.3 is 14.4 Å². The van der Waals surface area contributed by atoms with Crippen molar-refractivity contribution < 1.29 is 9.84 Å². The van der Waals surface area contributed by atoms with Crippen molar-refractivity contribution in [2.24, 2.45) is 0 Å². The first-order valence-corrected chi connectivity index (χ1v) is 8.20. The quantitative estimate of drug-likeness (QED) is 0.870. The van der Waals surface area contributed by atoms with Gasteiger partial charge in [-0.05, 0) is 18.9 Å². The van der Waals surface area contributed by atoms with Crippen molar-refractivity contribution in [2.75, 3.05) is 26.2 Å². The molecule has 0 aliphatic carbocycles. The minimum atomic E-state index is -0.375. The Labute approximate surface area is 136 Å². The molecule has 3 rings (SSSR count). The number of aliphatic hydroxyl groups is 1. The Morgan fingerprint density at radius 3 is 2.96 bits per heavy atom. The van der Waals surface area contributed by atoms with E-state index in [1.165, 1.54) is 0 Å². The summed E-state index contributed by atoms with van der Waals surface area (Å²) >= 11 is 0. The van der Waals surface area contributed by atoms with E-state index >= 15 is 0 Å². The first-order valence-electron chi connectivity index (χ1n) is 8.20. The van der Waals surface area contributed by atoms with Crippen molar-refractivity contribution in [1.82, 2.24) is 19.7 Å². The lowest BCUT2D eigenvalue weighted by Gasteiger charge is -2.33. The van der Waals surface area contributed by atoms with Crippen LogP contribution in [-0.4, -0.2) is 57.1 Å². The molecular formula is C17H24N4O2. The standard InChI is InChI=1S/C17H24N4O2/c1-2-21-13-18-19-17(21)16-12-20(8-9-23-16)11-15(22)10-14-6-4-3-5-7-14/h3-7,13,15-16,22H,2,8-12H2,1H3/t15-,16-/m0/s1. The maximum Gasteiger partial charge on any atom is 0.163 e. The van der Waals surface area contributed by atoms with E-state index in [0.717, 1.165) is 31.0 Å². The van der Waals surface area contributed by atoms with Gasteiger partial charge in [-0.25, -0.2) is 0 Å². The minimum absolute atomic E-state index is 0.0740. The predicted molar refractivity (Wildman–Crippen MR) is 87.0 cm³/mol. The largest absolute Gasteiger partial charge is 0.391 e. The van der Waals surface area contributed by atoms with Crippen molar-refractivity contribution in [3.8, 4) is 0 Å². The van der Waals surface area contributed by atoms with Crippen molar-refractivity contribution in [3.05, 3.63) is 48.0 Å². The van der Waals surface area contributed by atoms with Gasteiger partial charge in [0.25, 0.3) is 0 Å². The molecule has 2 aromatic rings. The van der Waals surface area contributed by atoms with E-state index in [1.54, 1.807) is 6.33 Å². The number of morpholine rings is 1. The molecule has 2 atom stereocenters. The summed E-state index contributed by atoms with van der Waals surface area (Å²) in [6.07, 6.45) is 1.96. The predicted octanol–water partition coefficient (Wildman–Crippen LogP) is 1.27. The Morgan fingerprint density at radius 2 is 2.17 bits per heavy atom. The van der Waals surface area contributed by atoms with E-state index in [2.05, 4.69) is 34.2 Å². The molecule has 1 aliphatic rings. The molecule has 2 heterocycles. The van der Waals surface area contributed by atoms with E-state index < -0.39 is 0 Å². The molecule has 0 saturated carbocycles. The highest BCUT2D eigenvalue weighted by Crippen LogP contribution is 2.20. The first-order chi connectivity index (χ1) is 11.3. The van der Waals surface area contributed by atoms with E-state index in [-0.39, 0.29) is 12.2 Å². The average molecular weight is 316 g/mol. The molecule has 1 saturated heterocycles. The Hall–Kier alpha value is -1.76. The molecule has 0 unspecified atom stereocenters. The van der Waals surface area contributed by atoms with Crippen LogP contribution in [0.3, 0.4) is 0 Å². The Morgan fingerprint density at radius 1 is 1.35 bits per heavy atom. The zero-order chi connectivity index (χ0) is 16.1. The van der Waals surface area contributed by atoms with Crippen molar-refractivity contribution in [2.45, 2.75) is 32.1 Å². The summed E-state index contributed by atoms with van der Waals surface area (Å²) < 4.78 is 7.86. The van der Waals surface area contributed by atoms with Crippen LogP contribution >= 0.6 is 0 Å². The van der Waals surface area contributed by atoms with E-state index in [4.69, 9.17) is 4.74 Å². The number of ether oxygens (including phenoxy) is 1. The number of hydrogen-bond donors (Lipinski definition) is 1. The van der Waals surface area contributed by atoms with Gasteiger partial charge in [0.2, 0.25) is 0 Å². The molecule has 0 radical (unpaired) electrons. The summed E-state index contributed by atoms with van der Waals surface area (Å²) in [5.41, 5.74) is 1.16. The summed E-state index contributed by atoms with van der Waals surface area (Å²) in [4.78, 5) is 2.25. The van der Waals surface area contributed by atoms with Crippen LogP contribution in [0.4, 0.5) is 0 Å². The lowest BCUT2D eigenvalue weighted by atomic mass is 10.1. The molecule has 23 heavy (non-hydrogen) atoms. The molecule has 6 nitrogen and oxygen atoms in total. The van der Waals surface area contributed by atoms with Gasteiger partial charge >= 0.3 is 0 Å². The molecule has 0 spiro atoms. The second-order valence-electron chi connectivity index (χ2n) is 5.94. The zero-order valence-electron chi connectivity index (χ0n) is 13.5. The van der Waals surface area contributed by atoms with Crippen LogP contribution < -0.4 is 0 Å². The van der Waals surface area contributed by atoms with E-state index in [0.29, 0.717) is 19.6 Å². The number of rotatable bonds is 6. The number of aliphatic hydroxyl groups excluding tert-OH is 1. The van der Waals surface area contributed by atoms with Gasteiger partial charge in [0.15, 0.2) is 5.82 Å². The monoisotopic (exact) mass is 316 g/mol. The van der Waals surface area contributed by atoms with Crippen LogP contribution in [0.15, 0.2) is 36.7 Å². The van der Waals surface area contributed by atoms with Crippen LogP contribution in [-0.2, 0) is 17.7 Å². The fourth-order valence-electron chi connectivity index (χ4n) is 3.03. The Bertz CT molecular complexity index is 602. The summed E-state index contributed by atoms with van der Waals surface area (Å²) in [6.45, 7) is 5.78. The highest BCUT2D eigenvalue weighted by atomic mass is 16.5.